The predicted octanol–water partition coefficient (Wildman–Crippen LogP) is 1.96. The number of hydrogen-bond acceptors (Lipinski definition) is 1. The molecule has 2 heteroatoms. The monoisotopic (exact) mass is 167 g/mol. The zero-order valence-corrected chi connectivity index (χ0v) is 7.75. The molecule has 1 atom stereocenters. The van der Waals surface area contributed by atoms with Crippen LogP contribution in [0.1, 0.15) is 32.6 Å². The fourth-order valence-electron chi connectivity index (χ4n) is 1.86. The van der Waals surface area contributed by atoms with E-state index >= 15 is 0 Å². The lowest BCUT2D eigenvalue weighted by Gasteiger charge is -2.22. The Bertz CT molecular complexity index is 177. The van der Waals surface area contributed by atoms with Crippen LogP contribution < -0.4 is 0 Å². The maximum atomic E-state index is 11.1. The lowest BCUT2D eigenvalue weighted by atomic mass is 10.1. The summed E-state index contributed by atoms with van der Waals surface area (Å²) in [7, 11) is 0. The van der Waals surface area contributed by atoms with Crippen molar-refractivity contribution in [3.63, 3.8) is 0 Å². The predicted molar refractivity (Wildman–Crippen MR) is 49.8 cm³/mol. The second-order valence-electron chi connectivity index (χ2n) is 3.37. The van der Waals surface area contributed by atoms with Gasteiger partial charge in [-0.2, -0.15) is 0 Å². The van der Waals surface area contributed by atoms with Crippen molar-refractivity contribution in [3.8, 4) is 0 Å². The molecule has 1 aliphatic rings. The number of likely N-dealkylation sites (tertiary alicyclic amines) is 1. The fourth-order valence-corrected chi connectivity index (χ4v) is 1.86. The second kappa shape index (κ2) is 4.29. The SMILES string of the molecule is C=CCCC1CCCN1C(C)=O. The van der Waals surface area contributed by atoms with Crippen molar-refractivity contribution in [1.29, 1.82) is 0 Å². The average molecular weight is 167 g/mol. The van der Waals surface area contributed by atoms with Crippen LogP contribution in [0.25, 0.3) is 0 Å². The molecule has 0 bridgehead atoms. The number of nitrogens with zero attached hydrogens (tertiary/aromatic N) is 1. The number of allylic oxidation sites excluding steroid dienone is 1. The minimum atomic E-state index is 0.224. The Morgan fingerprint density at radius 1 is 1.75 bits per heavy atom. The molecule has 0 aromatic rings. The van der Waals surface area contributed by atoms with Gasteiger partial charge in [-0.05, 0) is 25.7 Å². The first-order chi connectivity index (χ1) is 5.75. The molecule has 0 saturated carbocycles. The van der Waals surface area contributed by atoms with E-state index in [2.05, 4.69) is 6.58 Å². The molecule has 1 unspecified atom stereocenters. The maximum absolute atomic E-state index is 11.1. The molecule has 1 rings (SSSR count). The first kappa shape index (κ1) is 9.30. The van der Waals surface area contributed by atoms with Gasteiger partial charge in [0.15, 0.2) is 0 Å². The third-order valence-electron chi connectivity index (χ3n) is 2.49. The van der Waals surface area contributed by atoms with Gasteiger partial charge in [-0.3, -0.25) is 4.79 Å². The third-order valence-corrected chi connectivity index (χ3v) is 2.49. The summed E-state index contributed by atoms with van der Waals surface area (Å²) in [5.74, 6) is 0.224. The average Bonchev–Trinajstić information content (AvgIpc) is 2.48. The molecule has 1 fully saturated rings. The standard InChI is InChI=1S/C10H17NO/c1-3-4-6-10-7-5-8-11(10)9(2)12/h3,10H,1,4-8H2,2H3. The van der Waals surface area contributed by atoms with Gasteiger partial charge < -0.3 is 4.90 Å². The van der Waals surface area contributed by atoms with E-state index in [0.29, 0.717) is 6.04 Å². The topological polar surface area (TPSA) is 20.3 Å². The van der Waals surface area contributed by atoms with E-state index in [0.717, 1.165) is 19.4 Å². The first-order valence-corrected chi connectivity index (χ1v) is 4.64. The Hall–Kier alpha value is -0.790. The molecule has 1 aliphatic heterocycles. The molecular formula is C10H17NO. The number of amides is 1. The molecule has 68 valence electrons. The quantitative estimate of drug-likeness (QED) is 0.588. The summed E-state index contributed by atoms with van der Waals surface area (Å²) in [6, 6.07) is 0.487. The van der Waals surface area contributed by atoms with Crippen LogP contribution in [0.15, 0.2) is 12.7 Å². The van der Waals surface area contributed by atoms with E-state index in [9.17, 15) is 4.79 Å². The van der Waals surface area contributed by atoms with Crippen molar-refractivity contribution in [2.24, 2.45) is 0 Å². The summed E-state index contributed by atoms with van der Waals surface area (Å²) in [5, 5.41) is 0. The normalized spacial score (nSPS) is 22.8. The molecule has 0 aromatic heterocycles. The summed E-state index contributed by atoms with van der Waals surface area (Å²) >= 11 is 0. The van der Waals surface area contributed by atoms with E-state index in [4.69, 9.17) is 0 Å². The van der Waals surface area contributed by atoms with Crippen LogP contribution in [0.5, 0.6) is 0 Å². The van der Waals surface area contributed by atoms with Crippen molar-refractivity contribution >= 4 is 5.91 Å². The minimum Gasteiger partial charge on any atom is -0.340 e. The molecule has 1 saturated heterocycles. The first-order valence-electron chi connectivity index (χ1n) is 4.64. The van der Waals surface area contributed by atoms with E-state index in [-0.39, 0.29) is 5.91 Å². The van der Waals surface area contributed by atoms with Crippen LogP contribution in [0, 0.1) is 0 Å². The Morgan fingerprint density at radius 2 is 2.50 bits per heavy atom. The highest BCUT2D eigenvalue weighted by Gasteiger charge is 2.25. The molecule has 0 aromatic carbocycles. The van der Waals surface area contributed by atoms with Crippen molar-refractivity contribution in [3.05, 3.63) is 12.7 Å². The number of hydrogen-bond donors (Lipinski definition) is 0. The Morgan fingerprint density at radius 3 is 3.08 bits per heavy atom. The Balaban J connectivity index is 2.40. The van der Waals surface area contributed by atoms with Crippen LogP contribution in [0.3, 0.4) is 0 Å². The van der Waals surface area contributed by atoms with Gasteiger partial charge in [0.25, 0.3) is 0 Å². The lowest BCUT2D eigenvalue weighted by Crippen LogP contribution is -2.33. The van der Waals surface area contributed by atoms with E-state index in [1.807, 2.05) is 11.0 Å². The number of carbonyl (C=O) groups is 1. The Labute approximate surface area is 74.2 Å². The third kappa shape index (κ3) is 2.10. The summed E-state index contributed by atoms with van der Waals surface area (Å²) in [4.78, 5) is 13.1. The van der Waals surface area contributed by atoms with Gasteiger partial charge in [0.05, 0.1) is 0 Å². The van der Waals surface area contributed by atoms with Gasteiger partial charge in [-0.25, -0.2) is 0 Å². The molecule has 0 aliphatic carbocycles. The maximum Gasteiger partial charge on any atom is 0.219 e. The van der Waals surface area contributed by atoms with Gasteiger partial charge in [0.2, 0.25) is 5.91 Å². The van der Waals surface area contributed by atoms with Crippen molar-refractivity contribution < 1.29 is 4.79 Å². The van der Waals surface area contributed by atoms with Crippen LogP contribution in [-0.2, 0) is 4.79 Å². The van der Waals surface area contributed by atoms with Gasteiger partial charge in [-0.15, -0.1) is 6.58 Å². The number of rotatable bonds is 3. The molecule has 0 spiro atoms. The zero-order chi connectivity index (χ0) is 8.97. The van der Waals surface area contributed by atoms with Crippen molar-refractivity contribution in [2.75, 3.05) is 6.54 Å². The molecule has 12 heavy (non-hydrogen) atoms. The summed E-state index contributed by atoms with van der Waals surface area (Å²) in [6.07, 6.45) is 6.38. The molecule has 1 amide bonds. The molecule has 2 nitrogen and oxygen atoms in total. The van der Waals surface area contributed by atoms with Crippen molar-refractivity contribution in [2.45, 2.75) is 38.6 Å². The second-order valence-corrected chi connectivity index (χ2v) is 3.37. The molecule has 0 radical (unpaired) electrons. The zero-order valence-electron chi connectivity index (χ0n) is 7.75. The van der Waals surface area contributed by atoms with E-state index in [1.165, 1.54) is 12.8 Å². The summed E-state index contributed by atoms with van der Waals surface area (Å²) in [5.41, 5.74) is 0. The van der Waals surface area contributed by atoms with Crippen molar-refractivity contribution in [1.82, 2.24) is 4.90 Å². The van der Waals surface area contributed by atoms with Crippen LogP contribution in [0.4, 0.5) is 0 Å². The highest BCUT2D eigenvalue weighted by atomic mass is 16.2. The lowest BCUT2D eigenvalue weighted by molar-refractivity contribution is -0.129. The van der Waals surface area contributed by atoms with Gasteiger partial charge in [0.1, 0.15) is 0 Å². The molecular weight excluding hydrogens is 150 g/mol. The van der Waals surface area contributed by atoms with Crippen LogP contribution >= 0.6 is 0 Å². The van der Waals surface area contributed by atoms with Gasteiger partial charge in [-0.1, -0.05) is 6.08 Å². The Kier molecular flexibility index (Phi) is 3.32. The fraction of sp³-hybridized carbons (Fsp3) is 0.700. The largest absolute Gasteiger partial charge is 0.340 e. The minimum absolute atomic E-state index is 0.224. The highest BCUT2D eigenvalue weighted by Crippen LogP contribution is 2.21. The summed E-state index contributed by atoms with van der Waals surface area (Å²) in [6.45, 7) is 6.30. The van der Waals surface area contributed by atoms with E-state index in [1.54, 1.807) is 6.92 Å². The highest BCUT2D eigenvalue weighted by molar-refractivity contribution is 5.73. The van der Waals surface area contributed by atoms with Gasteiger partial charge >= 0.3 is 0 Å². The van der Waals surface area contributed by atoms with E-state index < -0.39 is 0 Å². The number of carbonyl (C=O) groups excluding carboxylic acids is 1. The van der Waals surface area contributed by atoms with Gasteiger partial charge in [0, 0.05) is 19.5 Å². The van der Waals surface area contributed by atoms with Crippen LogP contribution in [-0.4, -0.2) is 23.4 Å². The molecule has 1 heterocycles. The van der Waals surface area contributed by atoms with Crippen LogP contribution in [0.2, 0.25) is 0 Å². The summed E-state index contributed by atoms with van der Waals surface area (Å²) < 4.78 is 0. The molecule has 0 N–H and O–H groups in total. The smallest absolute Gasteiger partial charge is 0.219 e.